The molecule has 3 heterocycles. The fourth-order valence-electron chi connectivity index (χ4n) is 3.41. The van der Waals surface area contributed by atoms with Gasteiger partial charge in [0.2, 0.25) is 10.0 Å². The molecule has 0 unspecified atom stereocenters. The molecule has 0 atom stereocenters. The van der Waals surface area contributed by atoms with Gasteiger partial charge < -0.3 is 0 Å². The minimum Gasteiger partial charge on any atom is -0.282 e. The number of nitrogens with zero attached hydrogens (tertiary/aromatic N) is 3. The predicted octanol–water partition coefficient (Wildman–Crippen LogP) is 2.44. The number of pyridine rings is 1. The molecule has 1 N–H and O–H groups in total. The quantitative estimate of drug-likeness (QED) is 0.776. The second-order valence-corrected chi connectivity index (χ2v) is 8.69. The summed E-state index contributed by atoms with van der Waals surface area (Å²) in [5.74, 6) is 0. The van der Waals surface area contributed by atoms with E-state index in [0.29, 0.717) is 23.4 Å². The van der Waals surface area contributed by atoms with E-state index in [0.717, 1.165) is 16.6 Å². The van der Waals surface area contributed by atoms with E-state index in [1.54, 1.807) is 41.1 Å². The monoisotopic (exact) mass is 342 g/mol. The molecule has 0 radical (unpaired) electrons. The highest BCUT2D eigenvalue weighted by Gasteiger charge is 2.39. The Kier molecular flexibility index (Phi) is 3.26. The number of rotatable bonds is 2. The zero-order valence-corrected chi connectivity index (χ0v) is 14.3. The number of aromatic amines is 1. The third kappa shape index (κ3) is 2.23. The molecule has 0 saturated carbocycles. The molecule has 3 aromatic rings. The number of fused-ring (bicyclic) bond motifs is 2. The Hall–Kier alpha value is -2.25. The maximum atomic E-state index is 13.3. The third-order valence-electron chi connectivity index (χ3n) is 4.57. The molecule has 0 saturated heterocycles. The van der Waals surface area contributed by atoms with Crippen LogP contribution in [0, 0.1) is 0 Å². The molecule has 24 heavy (non-hydrogen) atoms. The van der Waals surface area contributed by atoms with Crippen LogP contribution < -0.4 is 0 Å². The molecule has 1 aliphatic heterocycles. The van der Waals surface area contributed by atoms with Gasteiger partial charge in [0.1, 0.15) is 0 Å². The van der Waals surface area contributed by atoms with Gasteiger partial charge in [0.05, 0.1) is 11.1 Å². The Morgan fingerprint density at radius 1 is 1.21 bits per heavy atom. The maximum absolute atomic E-state index is 13.3. The number of nitrogens with one attached hydrogen (secondary N) is 1. The van der Waals surface area contributed by atoms with Gasteiger partial charge in [-0.15, -0.1) is 0 Å². The van der Waals surface area contributed by atoms with Gasteiger partial charge in [0.25, 0.3) is 0 Å². The molecule has 0 fully saturated rings. The summed E-state index contributed by atoms with van der Waals surface area (Å²) in [6.07, 6.45) is 5.02. The van der Waals surface area contributed by atoms with E-state index in [2.05, 4.69) is 15.2 Å². The minimum absolute atomic E-state index is 0.316. The topological polar surface area (TPSA) is 79.0 Å². The number of aromatic nitrogens is 3. The van der Waals surface area contributed by atoms with Crippen molar-refractivity contribution in [2.24, 2.45) is 0 Å². The first-order valence-electron chi connectivity index (χ1n) is 7.75. The SMILES string of the molecule is CC1(C)CN(S(=O)(=O)c2cccc3cnccc23)Cc2cn[nH]c21. The molecule has 0 spiro atoms. The van der Waals surface area contributed by atoms with Crippen molar-refractivity contribution < 1.29 is 8.42 Å². The van der Waals surface area contributed by atoms with Gasteiger partial charge in [-0.05, 0) is 12.1 Å². The average Bonchev–Trinajstić information content (AvgIpc) is 3.03. The van der Waals surface area contributed by atoms with Crippen molar-refractivity contribution in [1.82, 2.24) is 19.5 Å². The number of sulfonamides is 1. The molecule has 124 valence electrons. The second kappa shape index (κ2) is 5.12. The minimum atomic E-state index is -3.62. The van der Waals surface area contributed by atoms with Crippen molar-refractivity contribution in [3.8, 4) is 0 Å². The highest BCUT2D eigenvalue weighted by atomic mass is 32.2. The van der Waals surface area contributed by atoms with Crippen molar-refractivity contribution in [3.63, 3.8) is 0 Å². The van der Waals surface area contributed by atoms with Crippen LogP contribution in [0.5, 0.6) is 0 Å². The first kappa shape index (κ1) is 15.3. The van der Waals surface area contributed by atoms with E-state index in [1.807, 2.05) is 19.9 Å². The van der Waals surface area contributed by atoms with Crippen LogP contribution in [0.15, 0.2) is 47.8 Å². The summed E-state index contributed by atoms with van der Waals surface area (Å²) < 4.78 is 28.1. The van der Waals surface area contributed by atoms with Crippen LogP contribution in [0.1, 0.15) is 25.1 Å². The molecular weight excluding hydrogens is 324 g/mol. The van der Waals surface area contributed by atoms with E-state index in [4.69, 9.17) is 0 Å². The molecule has 0 bridgehead atoms. The van der Waals surface area contributed by atoms with Crippen molar-refractivity contribution in [2.75, 3.05) is 6.54 Å². The van der Waals surface area contributed by atoms with E-state index in [-0.39, 0.29) is 5.41 Å². The van der Waals surface area contributed by atoms with Crippen LogP contribution in [-0.2, 0) is 22.0 Å². The van der Waals surface area contributed by atoms with Crippen LogP contribution in [0.3, 0.4) is 0 Å². The van der Waals surface area contributed by atoms with Crippen LogP contribution in [0.4, 0.5) is 0 Å². The summed E-state index contributed by atoms with van der Waals surface area (Å²) in [6.45, 7) is 4.79. The van der Waals surface area contributed by atoms with Gasteiger partial charge in [-0.25, -0.2) is 8.42 Å². The van der Waals surface area contributed by atoms with Crippen LogP contribution >= 0.6 is 0 Å². The van der Waals surface area contributed by atoms with E-state index in [1.165, 1.54) is 0 Å². The lowest BCUT2D eigenvalue weighted by atomic mass is 9.84. The molecule has 1 aliphatic rings. The van der Waals surface area contributed by atoms with Crippen molar-refractivity contribution in [1.29, 1.82) is 0 Å². The van der Waals surface area contributed by atoms with Gasteiger partial charge in [-0.3, -0.25) is 10.1 Å². The van der Waals surface area contributed by atoms with E-state index < -0.39 is 10.0 Å². The van der Waals surface area contributed by atoms with Gasteiger partial charge in [0.15, 0.2) is 0 Å². The maximum Gasteiger partial charge on any atom is 0.244 e. The highest BCUT2D eigenvalue weighted by molar-refractivity contribution is 7.89. The first-order valence-corrected chi connectivity index (χ1v) is 9.19. The standard InChI is InChI=1S/C17H18N4O2S/c1-17(2)11-21(10-13-9-19-20-16(13)17)24(22,23)15-5-3-4-12-8-18-7-6-14(12)15/h3-9H,10-11H2,1-2H3,(H,19,20). The Labute approximate surface area is 140 Å². The molecule has 2 aromatic heterocycles. The lowest BCUT2D eigenvalue weighted by molar-refractivity contribution is 0.295. The fraction of sp³-hybridized carbons (Fsp3) is 0.294. The van der Waals surface area contributed by atoms with E-state index in [9.17, 15) is 8.42 Å². The van der Waals surface area contributed by atoms with Gasteiger partial charge in [0, 0.05) is 52.9 Å². The molecule has 6 nitrogen and oxygen atoms in total. The van der Waals surface area contributed by atoms with Gasteiger partial charge in [-0.2, -0.15) is 9.40 Å². The summed E-state index contributed by atoms with van der Waals surface area (Å²) >= 11 is 0. The van der Waals surface area contributed by atoms with Crippen LogP contribution in [0.2, 0.25) is 0 Å². The van der Waals surface area contributed by atoms with Crippen molar-refractivity contribution >= 4 is 20.8 Å². The zero-order chi connectivity index (χ0) is 16.9. The van der Waals surface area contributed by atoms with Gasteiger partial charge >= 0.3 is 0 Å². The van der Waals surface area contributed by atoms with Crippen LogP contribution in [-0.4, -0.2) is 34.4 Å². The van der Waals surface area contributed by atoms with E-state index >= 15 is 0 Å². The first-order chi connectivity index (χ1) is 11.4. The van der Waals surface area contributed by atoms with Crippen LogP contribution in [0.25, 0.3) is 10.8 Å². The summed E-state index contributed by atoms with van der Waals surface area (Å²) in [5.41, 5.74) is 1.62. The van der Waals surface area contributed by atoms with Gasteiger partial charge in [-0.1, -0.05) is 26.0 Å². The Morgan fingerprint density at radius 3 is 2.88 bits per heavy atom. The second-order valence-electron chi connectivity index (χ2n) is 6.78. The summed E-state index contributed by atoms with van der Waals surface area (Å²) in [7, 11) is -3.62. The summed E-state index contributed by atoms with van der Waals surface area (Å²) in [6, 6.07) is 7.04. The zero-order valence-electron chi connectivity index (χ0n) is 13.5. The fourth-order valence-corrected chi connectivity index (χ4v) is 5.20. The highest BCUT2D eigenvalue weighted by Crippen LogP contribution is 2.35. The number of hydrogen-bond acceptors (Lipinski definition) is 4. The summed E-state index contributed by atoms with van der Waals surface area (Å²) in [5, 5.41) is 8.61. The molecule has 0 amide bonds. The Bertz CT molecular complexity index is 1020. The number of H-pyrrole nitrogens is 1. The molecule has 0 aliphatic carbocycles. The lowest BCUT2D eigenvalue weighted by Crippen LogP contribution is -2.44. The molecule has 1 aromatic carbocycles. The molecule has 4 rings (SSSR count). The number of hydrogen-bond donors (Lipinski definition) is 1. The Morgan fingerprint density at radius 2 is 2.04 bits per heavy atom. The van der Waals surface area contributed by atoms with Crippen molar-refractivity contribution in [2.45, 2.75) is 30.7 Å². The molecular formula is C17H18N4O2S. The largest absolute Gasteiger partial charge is 0.282 e. The summed E-state index contributed by atoms with van der Waals surface area (Å²) in [4.78, 5) is 4.40. The number of benzene rings is 1. The normalized spacial score (nSPS) is 17.8. The molecule has 7 heteroatoms. The smallest absolute Gasteiger partial charge is 0.244 e. The Balaban J connectivity index is 1.84. The van der Waals surface area contributed by atoms with Crippen molar-refractivity contribution in [3.05, 3.63) is 54.1 Å². The average molecular weight is 342 g/mol. The lowest BCUT2D eigenvalue weighted by Gasteiger charge is -2.36. The third-order valence-corrected chi connectivity index (χ3v) is 6.42. The predicted molar refractivity (Wildman–Crippen MR) is 91.0 cm³/mol.